The van der Waals surface area contributed by atoms with Crippen molar-refractivity contribution in [2.45, 2.75) is 32.7 Å². The molecule has 0 radical (unpaired) electrons. The van der Waals surface area contributed by atoms with Crippen molar-refractivity contribution in [3.63, 3.8) is 0 Å². The van der Waals surface area contributed by atoms with E-state index in [9.17, 15) is 0 Å². The normalized spacial score (nSPS) is 12.7. The van der Waals surface area contributed by atoms with E-state index in [-0.39, 0.29) is 6.04 Å². The number of hydrogen-bond acceptors (Lipinski definition) is 2. The summed E-state index contributed by atoms with van der Waals surface area (Å²) in [5.74, 6) is 0. The number of benzene rings is 1. The highest BCUT2D eigenvalue weighted by atomic mass is 79.9. The maximum Gasteiger partial charge on any atom is 0.0702 e. The van der Waals surface area contributed by atoms with E-state index >= 15 is 0 Å². The van der Waals surface area contributed by atoms with Crippen LogP contribution in [-0.2, 0) is 12.8 Å². The molecule has 0 aliphatic carbocycles. The Labute approximate surface area is 121 Å². The van der Waals surface area contributed by atoms with Crippen LogP contribution in [0.1, 0.15) is 41.5 Å². The maximum absolute atomic E-state index is 6.42. The van der Waals surface area contributed by atoms with Gasteiger partial charge in [0.2, 0.25) is 0 Å². The molecule has 1 aromatic heterocycles. The van der Waals surface area contributed by atoms with Crippen LogP contribution in [0.15, 0.2) is 34.1 Å². The van der Waals surface area contributed by atoms with Gasteiger partial charge in [0.25, 0.3) is 0 Å². The number of rotatable bonds is 4. The van der Waals surface area contributed by atoms with Crippen molar-refractivity contribution in [1.82, 2.24) is 0 Å². The Morgan fingerprint density at radius 1 is 1.17 bits per heavy atom. The van der Waals surface area contributed by atoms with Gasteiger partial charge >= 0.3 is 0 Å². The van der Waals surface area contributed by atoms with Crippen LogP contribution in [0.5, 0.6) is 0 Å². The quantitative estimate of drug-likeness (QED) is 0.868. The third kappa shape index (κ3) is 2.85. The van der Waals surface area contributed by atoms with Crippen LogP contribution in [0, 0.1) is 0 Å². The highest BCUT2D eigenvalue weighted by Crippen LogP contribution is 2.31. The molecule has 2 N–H and O–H groups in total. The van der Waals surface area contributed by atoms with Gasteiger partial charge < -0.3 is 5.73 Å². The fourth-order valence-electron chi connectivity index (χ4n) is 2.12. The van der Waals surface area contributed by atoms with Gasteiger partial charge in [0.15, 0.2) is 0 Å². The van der Waals surface area contributed by atoms with Gasteiger partial charge in [-0.25, -0.2) is 0 Å². The number of nitrogens with two attached hydrogens (primary N) is 1. The minimum absolute atomic E-state index is 0.0113. The summed E-state index contributed by atoms with van der Waals surface area (Å²) >= 11 is 5.21. The Hall–Kier alpha value is -0.640. The fraction of sp³-hybridized carbons (Fsp3) is 0.333. The number of aryl methyl sites for hydroxylation is 2. The Balaban J connectivity index is 2.41. The van der Waals surface area contributed by atoms with E-state index < -0.39 is 0 Å². The molecule has 1 atom stereocenters. The molecule has 3 heteroatoms. The molecule has 1 unspecified atom stereocenters. The van der Waals surface area contributed by atoms with Crippen LogP contribution in [0.4, 0.5) is 0 Å². The minimum atomic E-state index is -0.0113. The molecule has 0 bridgehead atoms. The molecular weight excluding hydrogens is 306 g/mol. The second kappa shape index (κ2) is 6.00. The summed E-state index contributed by atoms with van der Waals surface area (Å²) in [6, 6.07) is 10.8. The van der Waals surface area contributed by atoms with E-state index in [2.05, 4.69) is 60.1 Å². The van der Waals surface area contributed by atoms with Crippen molar-refractivity contribution < 1.29 is 0 Å². The molecule has 0 saturated heterocycles. The second-order valence-corrected chi connectivity index (χ2v) is 6.85. The van der Waals surface area contributed by atoms with Crippen molar-refractivity contribution in [3.05, 3.63) is 55.7 Å². The van der Waals surface area contributed by atoms with Gasteiger partial charge in [0.05, 0.1) is 9.83 Å². The van der Waals surface area contributed by atoms with Crippen LogP contribution >= 0.6 is 27.3 Å². The molecule has 0 amide bonds. The van der Waals surface area contributed by atoms with Crippen molar-refractivity contribution in [2.75, 3.05) is 0 Å². The predicted molar refractivity (Wildman–Crippen MR) is 83.2 cm³/mol. The molecule has 0 fully saturated rings. The standard InChI is InChI=1S/C15H18BrNS/c1-3-10-5-6-11(4-2)12(9-10)15(17)13-7-8-14(16)18-13/h5-9,15H,3-4,17H2,1-2H3. The average molecular weight is 324 g/mol. The Bertz CT molecular complexity index is 533. The molecule has 0 saturated carbocycles. The van der Waals surface area contributed by atoms with Gasteiger partial charge in [-0.3, -0.25) is 0 Å². The summed E-state index contributed by atoms with van der Waals surface area (Å²) in [6.07, 6.45) is 2.08. The highest BCUT2D eigenvalue weighted by molar-refractivity contribution is 9.11. The van der Waals surface area contributed by atoms with Crippen molar-refractivity contribution in [1.29, 1.82) is 0 Å². The first-order valence-corrected chi connectivity index (χ1v) is 7.89. The molecule has 1 aromatic carbocycles. The van der Waals surface area contributed by atoms with Crippen molar-refractivity contribution in [3.8, 4) is 0 Å². The maximum atomic E-state index is 6.42. The zero-order valence-electron chi connectivity index (χ0n) is 10.7. The second-order valence-electron chi connectivity index (χ2n) is 4.36. The van der Waals surface area contributed by atoms with E-state index in [1.54, 1.807) is 11.3 Å². The number of hydrogen-bond donors (Lipinski definition) is 1. The summed E-state index contributed by atoms with van der Waals surface area (Å²) in [5.41, 5.74) is 10.4. The molecular formula is C15H18BrNS. The summed E-state index contributed by atoms with van der Waals surface area (Å²) in [7, 11) is 0. The first-order chi connectivity index (χ1) is 8.65. The Kier molecular flexibility index (Phi) is 4.60. The summed E-state index contributed by atoms with van der Waals surface area (Å²) < 4.78 is 1.14. The first kappa shape index (κ1) is 13.8. The fourth-order valence-corrected chi connectivity index (χ4v) is 3.57. The molecule has 1 nitrogen and oxygen atoms in total. The van der Waals surface area contributed by atoms with E-state index in [1.165, 1.54) is 21.6 Å². The van der Waals surface area contributed by atoms with Gasteiger partial charge in [-0.1, -0.05) is 32.0 Å². The van der Waals surface area contributed by atoms with Gasteiger partial charge in [0.1, 0.15) is 0 Å². The topological polar surface area (TPSA) is 26.0 Å². The molecule has 96 valence electrons. The lowest BCUT2D eigenvalue weighted by Crippen LogP contribution is -2.13. The largest absolute Gasteiger partial charge is 0.320 e. The molecule has 0 aliphatic heterocycles. The van der Waals surface area contributed by atoms with Crippen LogP contribution in [0.2, 0.25) is 0 Å². The lowest BCUT2D eigenvalue weighted by atomic mass is 9.95. The Morgan fingerprint density at radius 3 is 2.50 bits per heavy atom. The predicted octanol–water partition coefficient (Wildman–Crippen LogP) is 4.68. The molecule has 0 aliphatic rings. The van der Waals surface area contributed by atoms with Crippen LogP contribution in [-0.4, -0.2) is 0 Å². The molecule has 0 spiro atoms. The summed E-state index contributed by atoms with van der Waals surface area (Å²) in [4.78, 5) is 1.21. The summed E-state index contributed by atoms with van der Waals surface area (Å²) in [6.45, 7) is 4.36. The van der Waals surface area contributed by atoms with Gasteiger partial charge in [-0.05, 0) is 57.6 Å². The van der Waals surface area contributed by atoms with Gasteiger partial charge in [-0.15, -0.1) is 11.3 Å². The number of thiophene rings is 1. The monoisotopic (exact) mass is 323 g/mol. The molecule has 1 heterocycles. The first-order valence-electron chi connectivity index (χ1n) is 6.28. The van der Waals surface area contributed by atoms with Crippen LogP contribution < -0.4 is 5.73 Å². The molecule has 2 rings (SSSR count). The molecule has 2 aromatic rings. The zero-order valence-corrected chi connectivity index (χ0v) is 13.1. The average Bonchev–Trinajstić information content (AvgIpc) is 2.83. The zero-order chi connectivity index (χ0) is 13.1. The van der Waals surface area contributed by atoms with Crippen molar-refractivity contribution >= 4 is 27.3 Å². The van der Waals surface area contributed by atoms with E-state index in [4.69, 9.17) is 5.73 Å². The van der Waals surface area contributed by atoms with Crippen LogP contribution in [0.25, 0.3) is 0 Å². The van der Waals surface area contributed by atoms with E-state index in [0.29, 0.717) is 0 Å². The van der Waals surface area contributed by atoms with Gasteiger partial charge in [-0.2, -0.15) is 0 Å². The minimum Gasteiger partial charge on any atom is -0.320 e. The lowest BCUT2D eigenvalue weighted by molar-refractivity contribution is 0.863. The van der Waals surface area contributed by atoms with Crippen molar-refractivity contribution in [2.24, 2.45) is 5.73 Å². The highest BCUT2D eigenvalue weighted by Gasteiger charge is 2.14. The lowest BCUT2D eigenvalue weighted by Gasteiger charge is -2.16. The van der Waals surface area contributed by atoms with E-state index in [1.807, 2.05) is 0 Å². The molecule has 18 heavy (non-hydrogen) atoms. The third-order valence-electron chi connectivity index (χ3n) is 3.24. The third-order valence-corrected chi connectivity index (χ3v) is 4.94. The van der Waals surface area contributed by atoms with E-state index in [0.717, 1.165) is 16.6 Å². The number of halogens is 1. The van der Waals surface area contributed by atoms with Gasteiger partial charge in [0, 0.05) is 4.88 Å². The summed E-state index contributed by atoms with van der Waals surface area (Å²) in [5, 5.41) is 0. The van der Waals surface area contributed by atoms with Crippen LogP contribution in [0.3, 0.4) is 0 Å². The SMILES string of the molecule is CCc1ccc(CC)c(C(N)c2ccc(Br)s2)c1. The smallest absolute Gasteiger partial charge is 0.0702 e. The Morgan fingerprint density at radius 2 is 1.94 bits per heavy atom.